The van der Waals surface area contributed by atoms with Crippen LogP contribution in [0.15, 0.2) is 18.2 Å². The van der Waals surface area contributed by atoms with Crippen LogP contribution in [0.3, 0.4) is 0 Å². The monoisotopic (exact) mass is 402 g/mol. The Morgan fingerprint density at radius 1 is 0.862 bits per heavy atom. The van der Waals surface area contributed by atoms with Gasteiger partial charge in [0.15, 0.2) is 0 Å². The standard InChI is InChI=1S/C26H46N2O/c1-4-6-19-27(18-5-2)20-12-10-8-7-9-11-13-21-28-22-14-15-24-23-25(29-3)16-17-26(24)28/h16-17,23H,4-15,18-22H2,1-3H3. The van der Waals surface area contributed by atoms with Crippen LogP contribution in [0.1, 0.15) is 90.0 Å². The Bertz CT molecular complexity index is 546. The van der Waals surface area contributed by atoms with E-state index in [4.69, 9.17) is 4.74 Å². The molecular weight excluding hydrogens is 356 g/mol. The van der Waals surface area contributed by atoms with Gasteiger partial charge in [0.2, 0.25) is 0 Å². The maximum absolute atomic E-state index is 5.39. The van der Waals surface area contributed by atoms with E-state index in [0.29, 0.717) is 0 Å². The van der Waals surface area contributed by atoms with Gasteiger partial charge in [-0.05, 0) is 81.9 Å². The zero-order chi connectivity index (χ0) is 20.7. The number of anilines is 1. The fourth-order valence-electron chi connectivity index (χ4n) is 4.57. The van der Waals surface area contributed by atoms with E-state index in [9.17, 15) is 0 Å². The molecule has 166 valence electrons. The van der Waals surface area contributed by atoms with E-state index in [1.54, 1.807) is 7.11 Å². The Balaban J connectivity index is 1.52. The summed E-state index contributed by atoms with van der Waals surface area (Å²) in [6, 6.07) is 6.60. The lowest BCUT2D eigenvalue weighted by Crippen LogP contribution is -2.30. The average Bonchev–Trinajstić information content (AvgIpc) is 2.75. The van der Waals surface area contributed by atoms with Crippen LogP contribution in [-0.2, 0) is 6.42 Å². The van der Waals surface area contributed by atoms with E-state index < -0.39 is 0 Å². The average molecular weight is 403 g/mol. The molecule has 0 amide bonds. The highest BCUT2D eigenvalue weighted by Crippen LogP contribution is 2.30. The van der Waals surface area contributed by atoms with Crippen molar-refractivity contribution < 1.29 is 4.74 Å². The summed E-state index contributed by atoms with van der Waals surface area (Å²) < 4.78 is 5.39. The zero-order valence-corrected chi connectivity index (χ0v) is 19.6. The Morgan fingerprint density at radius 2 is 1.59 bits per heavy atom. The summed E-state index contributed by atoms with van der Waals surface area (Å²) in [5.74, 6) is 0.994. The Hall–Kier alpha value is -1.22. The molecule has 0 atom stereocenters. The number of ether oxygens (including phenoxy) is 1. The lowest BCUT2D eigenvalue weighted by atomic mass is 10.0. The molecule has 0 saturated carbocycles. The maximum Gasteiger partial charge on any atom is 0.119 e. The Labute approximate surface area is 180 Å². The van der Waals surface area contributed by atoms with E-state index in [2.05, 4.69) is 41.8 Å². The fraction of sp³-hybridized carbons (Fsp3) is 0.769. The van der Waals surface area contributed by atoms with Gasteiger partial charge in [-0.3, -0.25) is 0 Å². The lowest BCUT2D eigenvalue weighted by Gasteiger charge is -2.31. The van der Waals surface area contributed by atoms with Crippen molar-refractivity contribution in [3.8, 4) is 5.75 Å². The minimum atomic E-state index is 0.994. The topological polar surface area (TPSA) is 15.7 Å². The highest BCUT2D eigenvalue weighted by molar-refractivity contribution is 5.58. The minimum absolute atomic E-state index is 0.994. The minimum Gasteiger partial charge on any atom is -0.497 e. The largest absolute Gasteiger partial charge is 0.497 e. The number of rotatable bonds is 16. The van der Waals surface area contributed by atoms with Gasteiger partial charge in [0, 0.05) is 18.8 Å². The van der Waals surface area contributed by atoms with Crippen LogP contribution >= 0.6 is 0 Å². The Morgan fingerprint density at radius 3 is 2.31 bits per heavy atom. The molecule has 0 aromatic heterocycles. The molecule has 0 aliphatic carbocycles. The zero-order valence-electron chi connectivity index (χ0n) is 19.6. The molecule has 0 N–H and O–H groups in total. The van der Waals surface area contributed by atoms with Crippen molar-refractivity contribution in [1.29, 1.82) is 0 Å². The summed E-state index contributed by atoms with van der Waals surface area (Å²) >= 11 is 0. The van der Waals surface area contributed by atoms with E-state index in [1.807, 2.05) is 0 Å². The van der Waals surface area contributed by atoms with E-state index in [0.717, 1.165) is 5.75 Å². The van der Waals surface area contributed by atoms with Crippen molar-refractivity contribution in [3.05, 3.63) is 23.8 Å². The van der Waals surface area contributed by atoms with Crippen LogP contribution < -0.4 is 9.64 Å². The quantitative estimate of drug-likeness (QED) is 0.286. The number of fused-ring (bicyclic) bond motifs is 1. The number of methoxy groups -OCH3 is 1. The molecule has 0 radical (unpaired) electrons. The second kappa shape index (κ2) is 14.7. The number of hydrogen-bond acceptors (Lipinski definition) is 3. The predicted octanol–water partition coefficient (Wildman–Crippen LogP) is 6.69. The molecule has 1 aromatic carbocycles. The summed E-state index contributed by atoms with van der Waals surface area (Å²) in [5.41, 5.74) is 2.91. The molecule has 1 heterocycles. The molecule has 1 aliphatic rings. The van der Waals surface area contributed by atoms with Gasteiger partial charge in [0.1, 0.15) is 5.75 Å². The van der Waals surface area contributed by atoms with Gasteiger partial charge in [-0.25, -0.2) is 0 Å². The summed E-state index contributed by atoms with van der Waals surface area (Å²) in [6.45, 7) is 10.9. The van der Waals surface area contributed by atoms with Crippen LogP contribution in [0, 0.1) is 0 Å². The van der Waals surface area contributed by atoms with Gasteiger partial charge in [0.05, 0.1) is 7.11 Å². The van der Waals surface area contributed by atoms with Gasteiger partial charge in [-0.15, -0.1) is 0 Å². The van der Waals surface area contributed by atoms with E-state index in [1.165, 1.54) is 121 Å². The lowest BCUT2D eigenvalue weighted by molar-refractivity contribution is 0.263. The highest BCUT2D eigenvalue weighted by atomic mass is 16.5. The Kier molecular flexibility index (Phi) is 12.2. The second-order valence-corrected chi connectivity index (χ2v) is 8.76. The van der Waals surface area contributed by atoms with Gasteiger partial charge in [-0.1, -0.05) is 52.4 Å². The molecule has 0 saturated heterocycles. The molecule has 0 spiro atoms. The molecule has 3 heteroatoms. The molecule has 0 bridgehead atoms. The highest BCUT2D eigenvalue weighted by Gasteiger charge is 2.16. The van der Waals surface area contributed by atoms with Gasteiger partial charge < -0.3 is 14.5 Å². The molecule has 0 unspecified atom stereocenters. The molecule has 1 aliphatic heterocycles. The molecule has 29 heavy (non-hydrogen) atoms. The number of nitrogens with zero attached hydrogens (tertiary/aromatic N) is 2. The van der Waals surface area contributed by atoms with Crippen LogP contribution in [0.2, 0.25) is 0 Å². The van der Waals surface area contributed by atoms with Crippen LogP contribution in [0.5, 0.6) is 5.75 Å². The van der Waals surface area contributed by atoms with Gasteiger partial charge in [0.25, 0.3) is 0 Å². The van der Waals surface area contributed by atoms with Crippen LogP contribution in [0.4, 0.5) is 5.69 Å². The predicted molar refractivity (Wildman–Crippen MR) is 127 cm³/mol. The number of aryl methyl sites for hydroxylation is 1. The van der Waals surface area contributed by atoms with Crippen molar-refractivity contribution in [2.24, 2.45) is 0 Å². The normalized spacial score (nSPS) is 13.7. The van der Waals surface area contributed by atoms with Crippen molar-refractivity contribution in [3.63, 3.8) is 0 Å². The third-order valence-electron chi connectivity index (χ3n) is 6.27. The first-order valence-electron chi connectivity index (χ1n) is 12.4. The van der Waals surface area contributed by atoms with Crippen molar-refractivity contribution in [2.45, 2.75) is 90.9 Å². The second-order valence-electron chi connectivity index (χ2n) is 8.76. The smallest absolute Gasteiger partial charge is 0.119 e. The van der Waals surface area contributed by atoms with Crippen molar-refractivity contribution >= 4 is 5.69 Å². The first-order chi connectivity index (χ1) is 14.3. The summed E-state index contributed by atoms with van der Waals surface area (Å²) in [5, 5.41) is 0. The fourth-order valence-corrected chi connectivity index (χ4v) is 4.57. The third kappa shape index (κ3) is 8.99. The maximum atomic E-state index is 5.39. The molecule has 2 rings (SSSR count). The summed E-state index contributed by atoms with van der Waals surface area (Å²) in [6.07, 6.45) is 16.2. The van der Waals surface area contributed by atoms with E-state index in [-0.39, 0.29) is 0 Å². The molecule has 3 nitrogen and oxygen atoms in total. The van der Waals surface area contributed by atoms with Crippen molar-refractivity contribution in [2.75, 3.05) is 44.7 Å². The molecule has 0 fully saturated rings. The van der Waals surface area contributed by atoms with Crippen LogP contribution in [0.25, 0.3) is 0 Å². The summed E-state index contributed by atoms with van der Waals surface area (Å²) in [7, 11) is 1.76. The van der Waals surface area contributed by atoms with Gasteiger partial charge in [-0.2, -0.15) is 0 Å². The SMILES string of the molecule is CCCCN(CCC)CCCCCCCCCN1CCCc2cc(OC)ccc21. The number of hydrogen-bond donors (Lipinski definition) is 0. The number of unbranched alkanes of at least 4 members (excludes halogenated alkanes) is 7. The van der Waals surface area contributed by atoms with Gasteiger partial charge >= 0.3 is 0 Å². The van der Waals surface area contributed by atoms with E-state index >= 15 is 0 Å². The molecular formula is C26H46N2O. The summed E-state index contributed by atoms with van der Waals surface area (Å²) in [4.78, 5) is 5.27. The first-order valence-corrected chi connectivity index (χ1v) is 12.4. The van der Waals surface area contributed by atoms with Crippen LogP contribution in [-0.4, -0.2) is 44.7 Å². The molecule has 1 aromatic rings. The first kappa shape index (κ1) is 24.1. The van der Waals surface area contributed by atoms with Crippen molar-refractivity contribution in [1.82, 2.24) is 4.90 Å². The third-order valence-corrected chi connectivity index (χ3v) is 6.27. The number of benzene rings is 1.